The van der Waals surface area contributed by atoms with E-state index in [2.05, 4.69) is 13.8 Å². The highest BCUT2D eigenvalue weighted by Gasteiger charge is 2.40. The second-order valence-corrected chi connectivity index (χ2v) is 9.26. The monoisotopic (exact) mass is 376 g/mol. The van der Waals surface area contributed by atoms with Gasteiger partial charge in [-0.15, -0.1) is 0 Å². The average molecular weight is 377 g/mol. The summed E-state index contributed by atoms with van der Waals surface area (Å²) < 4.78 is 17.0. The molecule has 2 N–H and O–H groups in total. The summed E-state index contributed by atoms with van der Waals surface area (Å²) in [7, 11) is -4.43. The molecule has 0 bridgehead atoms. The third kappa shape index (κ3) is 10.8. The van der Waals surface area contributed by atoms with E-state index in [-0.39, 0.29) is 0 Å². The number of unbranched alkanes of at least 4 members (excludes halogenated alkanes) is 6. The van der Waals surface area contributed by atoms with Crippen molar-refractivity contribution in [3.63, 3.8) is 0 Å². The van der Waals surface area contributed by atoms with Crippen molar-refractivity contribution in [3.8, 4) is 0 Å². The van der Waals surface area contributed by atoms with E-state index >= 15 is 0 Å². The first-order valence-corrected chi connectivity index (χ1v) is 12.2. The molecule has 0 radical (unpaired) electrons. The molecular formula is C20H41O4P. The van der Waals surface area contributed by atoms with Crippen LogP contribution in [0.25, 0.3) is 0 Å². The number of phosphoric acid groups is 1. The van der Waals surface area contributed by atoms with Gasteiger partial charge in [0.15, 0.2) is 0 Å². The van der Waals surface area contributed by atoms with Crippen LogP contribution in [-0.2, 0) is 9.09 Å². The fraction of sp³-hybridized carbons (Fsp3) is 1.00. The van der Waals surface area contributed by atoms with Crippen LogP contribution in [0, 0.1) is 5.92 Å². The van der Waals surface area contributed by atoms with E-state index in [0.717, 1.165) is 38.5 Å². The molecule has 0 aliphatic heterocycles. The van der Waals surface area contributed by atoms with E-state index in [9.17, 15) is 14.4 Å². The van der Waals surface area contributed by atoms with Crippen LogP contribution in [0.15, 0.2) is 0 Å². The maximum absolute atomic E-state index is 11.6. The molecule has 1 rings (SSSR count). The van der Waals surface area contributed by atoms with Crippen LogP contribution in [-0.4, -0.2) is 15.4 Å². The largest absolute Gasteiger partial charge is 0.470 e. The lowest BCUT2D eigenvalue weighted by atomic mass is 9.76. The van der Waals surface area contributed by atoms with Crippen molar-refractivity contribution in [1.29, 1.82) is 0 Å². The van der Waals surface area contributed by atoms with Gasteiger partial charge >= 0.3 is 7.82 Å². The van der Waals surface area contributed by atoms with Crippen LogP contribution in [0.2, 0.25) is 0 Å². The Bertz CT molecular complexity index is 362. The first-order valence-electron chi connectivity index (χ1n) is 10.7. The SMILES string of the molecule is CCCCCCC(CCCCCC)CC1(OP(=O)(O)O)CCCCC1. The Morgan fingerprint density at radius 3 is 1.84 bits per heavy atom. The summed E-state index contributed by atoms with van der Waals surface area (Å²) in [5.74, 6) is 0.540. The van der Waals surface area contributed by atoms with Crippen molar-refractivity contribution >= 4 is 7.82 Å². The molecule has 0 spiro atoms. The van der Waals surface area contributed by atoms with E-state index in [1.165, 1.54) is 64.2 Å². The van der Waals surface area contributed by atoms with Crippen molar-refractivity contribution in [1.82, 2.24) is 0 Å². The quantitative estimate of drug-likeness (QED) is 0.260. The fourth-order valence-electron chi connectivity index (χ4n) is 4.38. The molecule has 0 atom stereocenters. The van der Waals surface area contributed by atoms with Crippen LogP contribution in [0.4, 0.5) is 0 Å². The third-order valence-electron chi connectivity index (χ3n) is 5.67. The van der Waals surface area contributed by atoms with Gasteiger partial charge in [-0.25, -0.2) is 4.57 Å². The zero-order valence-electron chi connectivity index (χ0n) is 16.5. The van der Waals surface area contributed by atoms with Gasteiger partial charge in [-0.1, -0.05) is 97.3 Å². The predicted molar refractivity (Wildman–Crippen MR) is 105 cm³/mol. The molecule has 1 aliphatic rings. The molecule has 0 saturated heterocycles. The lowest BCUT2D eigenvalue weighted by Crippen LogP contribution is -2.36. The molecule has 0 aromatic rings. The lowest BCUT2D eigenvalue weighted by Gasteiger charge is -2.39. The summed E-state index contributed by atoms with van der Waals surface area (Å²) in [6, 6.07) is 0. The topological polar surface area (TPSA) is 66.8 Å². The van der Waals surface area contributed by atoms with E-state index in [1.807, 2.05) is 0 Å². The molecule has 0 unspecified atom stereocenters. The molecule has 150 valence electrons. The summed E-state index contributed by atoms with van der Waals surface area (Å²) in [4.78, 5) is 18.9. The Hall–Kier alpha value is 0.110. The summed E-state index contributed by atoms with van der Waals surface area (Å²) in [5.41, 5.74) is -0.586. The predicted octanol–water partition coefficient (Wildman–Crippen LogP) is 6.75. The smallest absolute Gasteiger partial charge is 0.303 e. The van der Waals surface area contributed by atoms with Gasteiger partial charge < -0.3 is 9.79 Å². The number of rotatable bonds is 14. The number of hydrogen-bond donors (Lipinski definition) is 2. The first-order chi connectivity index (χ1) is 11.9. The molecule has 1 fully saturated rings. The van der Waals surface area contributed by atoms with Crippen molar-refractivity contribution in [2.45, 2.75) is 122 Å². The third-order valence-corrected chi connectivity index (χ3v) is 6.30. The summed E-state index contributed by atoms with van der Waals surface area (Å²) in [5, 5.41) is 0. The van der Waals surface area contributed by atoms with Gasteiger partial charge in [-0.3, -0.25) is 4.52 Å². The van der Waals surface area contributed by atoms with Gasteiger partial charge in [0.1, 0.15) is 0 Å². The normalized spacial score (nSPS) is 18.0. The summed E-state index contributed by atoms with van der Waals surface area (Å²) in [6.45, 7) is 4.46. The Morgan fingerprint density at radius 2 is 1.40 bits per heavy atom. The molecule has 25 heavy (non-hydrogen) atoms. The van der Waals surface area contributed by atoms with Crippen LogP contribution >= 0.6 is 7.82 Å². The first kappa shape index (κ1) is 23.1. The Balaban J connectivity index is 2.65. The Kier molecular flexibility index (Phi) is 11.6. The highest BCUT2D eigenvalue weighted by Crippen LogP contribution is 2.50. The molecule has 0 heterocycles. The molecular weight excluding hydrogens is 335 g/mol. The van der Waals surface area contributed by atoms with E-state index in [1.54, 1.807) is 0 Å². The maximum Gasteiger partial charge on any atom is 0.470 e. The van der Waals surface area contributed by atoms with Crippen LogP contribution in [0.5, 0.6) is 0 Å². The zero-order valence-corrected chi connectivity index (χ0v) is 17.4. The van der Waals surface area contributed by atoms with E-state index in [4.69, 9.17) is 4.52 Å². The van der Waals surface area contributed by atoms with Gasteiger partial charge in [0.2, 0.25) is 0 Å². The Morgan fingerprint density at radius 1 is 0.880 bits per heavy atom. The van der Waals surface area contributed by atoms with Crippen molar-refractivity contribution in [2.75, 3.05) is 0 Å². The minimum atomic E-state index is -4.43. The van der Waals surface area contributed by atoms with Crippen molar-refractivity contribution < 1.29 is 18.9 Å². The average Bonchev–Trinajstić information content (AvgIpc) is 2.54. The molecule has 5 heteroatoms. The Labute approximate surface area is 155 Å². The molecule has 0 amide bonds. The maximum atomic E-state index is 11.6. The number of hydrogen-bond acceptors (Lipinski definition) is 2. The highest BCUT2D eigenvalue weighted by atomic mass is 31.2. The standard InChI is InChI=1S/C20H41O4P/c1-3-5-7-10-14-19(15-11-8-6-4-2)18-20(24-25(21,22)23)16-12-9-13-17-20/h19H,3-18H2,1-2H3,(H2,21,22,23). The summed E-state index contributed by atoms with van der Waals surface area (Å²) in [6.07, 6.45) is 18.1. The van der Waals surface area contributed by atoms with E-state index in [0.29, 0.717) is 5.92 Å². The zero-order chi connectivity index (χ0) is 18.6. The van der Waals surface area contributed by atoms with Crippen molar-refractivity contribution in [2.24, 2.45) is 5.92 Å². The van der Waals surface area contributed by atoms with Crippen LogP contribution < -0.4 is 0 Å². The fourth-order valence-corrected chi connectivity index (χ4v) is 5.14. The molecule has 0 aromatic carbocycles. The van der Waals surface area contributed by atoms with Crippen LogP contribution in [0.1, 0.15) is 117 Å². The number of phosphoric ester groups is 1. The second kappa shape index (κ2) is 12.5. The molecule has 1 aliphatic carbocycles. The summed E-state index contributed by atoms with van der Waals surface area (Å²) >= 11 is 0. The second-order valence-electron chi connectivity index (χ2n) is 8.09. The molecule has 1 saturated carbocycles. The van der Waals surface area contributed by atoms with Gasteiger partial charge in [0, 0.05) is 0 Å². The van der Waals surface area contributed by atoms with Gasteiger partial charge in [-0.05, 0) is 25.2 Å². The van der Waals surface area contributed by atoms with Crippen molar-refractivity contribution in [3.05, 3.63) is 0 Å². The highest BCUT2D eigenvalue weighted by molar-refractivity contribution is 7.46. The minimum Gasteiger partial charge on any atom is -0.303 e. The van der Waals surface area contributed by atoms with Crippen LogP contribution in [0.3, 0.4) is 0 Å². The molecule has 4 nitrogen and oxygen atoms in total. The van der Waals surface area contributed by atoms with Gasteiger partial charge in [-0.2, -0.15) is 0 Å². The van der Waals surface area contributed by atoms with E-state index < -0.39 is 13.4 Å². The van der Waals surface area contributed by atoms with Gasteiger partial charge in [0.05, 0.1) is 5.60 Å². The molecule has 0 aromatic heterocycles. The lowest BCUT2D eigenvalue weighted by molar-refractivity contribution is -0.0185. The van der Waals surface area contributed by atoms with Gasteiger partial charge in [0.25, 0.3) is 0 Å². The minimum absolute atomic E-state index is 0.540.